The number of esters is 1. The number of hydrogen-bond donors (Lipinski definition) is 1. The monoisotopic (exact) mass is 484 g/mol. The number of carbonyl (C=O) groups excluding carboxylic acids is 3. The fourth-order valence-electron chi connectivity index (χ4n) is 3.38. The molecular formula is C23H17FN2O5S2. The van der Waals surface area contributed by atoms with Gasteiger partial charge in [-0.25, -0.2) is 14.2 Å². The predicted octanol–water partition coefficient (Wildman–Crippen LogP) is 4.62. The quantitative estimate of drug-likeness (QED) is 0.180. The molecule has 0 saturated carbocycles. The Hall–Kier alpha value is -3.63. The van der Waals surface area contributed by atoms with Crippen molar-refractivity contribution in [2.24, 2.45) is 0 Å². The number of aliphatic hydroxyl groups is 1. The standard InChI is InChI=1S/C23H17FN2O5S2/c1-3-10-31-22(30)20-12(2)25-23(33-20)26-17(15-5-4-11-32-15)16(19(28)21(26)29)18(27)13-6-8-14(24)9-7-13/h3-9,11,17,27H,1,10H2,2H3/b18-16-. The van der Waals surface area contributed by atoms with Crippen LogP contribution in [-0.4, -0.2) is 34.4 Å². The molecule has 1 atom stereocenters. The number of carbonyl (C=O) groups is 3. The minimum atomic E-state index is -0.961. The van der Waals surface area contributed by atoms with Gasteiger partial charge in [0, 0.05) is 10.4 Å². The lowest BCUT2D eigenvalue weighted by atomic mass is 10.00. The van der Waals surface area contributed by atoms with Crippen molar-refractivity contribution in [3.8, 4) is 0 Å². The maximum Gasteiger partial charge on any atom is 0.350 e. The van der Waals surface area contributed by atoms with Crippen LogP contribution in [0.1, 0.15) is 31.8 Å². The highest BCUT2D eigenvalue weighted by molar-refractivity contribution is 7.18. The highest BCUT2D eigenvalue weighted by Crippen LogP contribution is 2.45. The Kier molecular flexibility index (Phi) is 6.21. The molecule has 4 rings (SSSR count). The molecule has 0 radical (unpaired) electrons. The topological polar surface area (TPSA) is 96.8 Å². The molecule has 1 fully saturated rings. The van der Waals surface area contributed by atoms with E-state index in [9.17, 15) is 23.9 Å². The minimum Gasteiger partial charge on any atom is -0.507 e. The van der Waals surface area contributed by atoms with Crippen LogP contribution in [0.4, 0.5) is 9.52 Å². The molecule has 1 aliphatic heterocycles. The van der Waals surface area contributed by atoms with Crippen molar-refractivity contribution >= 4 is 51.2 Å². The van der Waals surface area contributed by atoms with Crippen molar-refractivity contribution in [1.82, 2.24) is 4.98 Å². The number of anilines is 1. The number of ether oxygens (including phenoxy) is 1. The minimum absolute atomic E-state index is 0.0168. The zero-order valence-corrected chi connectivity index (χ0v) is 18.9. The van der Waals surface area contributed by atoms with Crippen LogP contribution in [0.15, 0.2) is 60.0 Å². The number of aliphatic hydroxyl groups excluding tert-OH is 1. The molecule has 1 saturated heterocycles. The third-order valence-corrected chi connectivity index (χ3v) is 6.95. The predicted molar refractivity (Wildman–Crippen MR) is 123 cm³/mol. The largest absolute Gasteiger partial charge is 0.507 e. The van der Waals surface area contributed by atoms with E-state index in [1.54, 1.807) is 24.4 Å². The Morgan fingerprint density at radius 3 is 2.67 bits per heavy atom. The second-order valence-corrected chi connectivity index (χ2v) is 8.95. The molecule has 7 nitrogen and oxygen atoms in total. The summed E-state index contributed by atoms with van der Waals surface area (Å²) in [7, 11) is 0. The van der Waals surface area contributed by atoms with E-state index in [0.29, 0.717) is 10.6 Å². The van der Waals surface area contributed by atoms with Crippen molar-refractivity contribution < 1.29 is 28.6 Å². The number of benzene rings is 1. The Labute approximate surface area is 196 Å². The number of nitrogens with zero attached hydrogens (tertiary/aromatic N) is 2. The summed E-state index contributed by atoms with van der Waals surface area (Å²) in [4.78, 5) is 44.8. The van der Waals surface area contributed by atoms with Crippen molar-refractivity contribution in [3.63, 3.8) is 0 Å². The number of thiophene rings is 1. The van der Waals surface area contributed by atoms with Gasteiger partial charge in [-0.2, -0.15) is 0 Å². The lowest BCUT2D eigenvalue weighted by Gasteiger charge is -2.21. The van der Waals surface area contributed by atoms with Crippen molar-refractivity contribution in [2.75, 3.05) is 11.5 Å². The van der Waals surface area contributed by atoms with Crippen molar-refractivity contribution in [2.45, 2.75) is 13.0 Å². The molecule has 33 heavy (non-hydrogen) atoms. The van der Waals surface area contributed by atoms with E-state index in [0.717, 1.165) is 23.5 Å². The van der Waals surface area contributed by atoms with Crippen LogP contribution in [0.3, 0.4) is 0 Å². The number of thiazole rings is 1. The molecule has 2 aromatic heterocycles. The van der Waals surface area contributed by atoms with Gasteiger partial charge in [0.2, 0.25) is 0 Å². The molecule has 3 heterocycles. The lowest BCUT2D eigenvalue weighted by Crippen LogP contribution is -2.29. The van der Waals surface area contributed by atoms with Crippen LogP contribution in [0.5, 0.6) is 0 Å². The summed E-state index contributed by atoms with van der Waals surface area (Å²) >= 11 is 2.21. The zero-order valence-electron chi connectivity index (χ0n) is 17.3. The normalized spacial score (nSPS) is 17.4. The molecule has 1 N–H and O–H groups in total. The molecule has 0 bridgehead atoms. The number of amides is 1. The van der Waals surface area contributed by atoms with Crippen LogP contribution >= 0.6 is 22.7 Å². The molecule has 3 aromatic rings. The number of aromatic nitrogens is 1. The SMILES string of the molecule is C=CCOC(=O)c1sc(N2C(=O)C(=O)/C(=C(\O)c3ccc(F)cc3)C2c2cccs2)nc1C. The van der Waals surface area contributed by atoms with Gasteiger partial charge in [-0.3, -0.25) is 14.5 Å². The zero-order chi connectivity index (χ0) is 23.7. The van der Waals surface area contributed by atoms with Crippen LogP contribution in [0.25, 0.3) is 5.76 Å². The summed E-state index contributed by atoms with van der Waals surface area (Å²) in [6.45, 7) is 5.11. The summed E-state index contributed by atoms with van der Waals surface area (Å²) in [6, 6.07) is 7.47. The molecule has 168 valence electrons. The average Bonchev–Trinajstić information content (AvgIpc) is 3.51. The van der Waals surface area contributed by atoms with E-state index in [2.05, 4.69) is 11.6 Å². The van der Waals surface area contributed by atoms with Crippen LogP contribution in [0, 0.1) is 12.7 Å². The first-order chi connectivity index (χ1) is 15.8. The molecule has 1 aliphatic rings. The highest BCUT2D eigenvalue weighted by atomic mass is 32.1. The molecule has 0 spiro atoms. The average molecular weight is 485 g/mol. The third kappa shape index (κ3) is 4.10. The van der Waals surface area contributed by atoms with E-state index in [4.69, 9.17) is 4.74 Å². The van der Waals surface area contributed by atoms with Gasteiger partial charge in [-0.05, 0) is 42.6 Å². The number of halogens is 1. The van der Waals surface area contributed by atoms with Gasteiger partial charge in [-0.1, -0.05) is 30.1 Å². The van der Waals surface area contributed by atoms with E-state index in [1.165, 1.54) is 34.4 Å². The molecule has 0 aliphatic carbocycles. The van der Waals surface area contributed by atoms with E-state index in [-0.39, 0.29) is 27.8 Å². The van der Waals surface area contributed by atoms with Crippen LogP contribution in [-0.2, 0) is 14.3 Å². The van der Waals surface area contributed by atoms with E-state index >= 15 is 0 Å². The lowest BCUT2D eigenvalue weighted by molar-refractivity contribution is -0.132. The van der Waals surface area contributed by atoms with E-state index in [1.807, 2.05) is 0 Å². The molecule has 1 aromatic carbocycles. The second kappa shape index (κ2) is 9.08. The van der Waals surface area contributed by atoms with Gasteiger partial charge in [0.25, 0.3) is 5.78 Å². The summed E-state index contributed by atoms with van der Waals surface area (Å²) < 4.78 is 18.4. The summed E-state index contributed by atoms with van der Waals surface area (Å²) in [5, 5.41) is 12.8. The van der Waals surface area contributed by atoms with Crippen LogP contribution in [0.2, 0.25) is 0 Å². The number of aryl methyl sites for hydroxylation is 1. The molecular weight excluding hydrogens is 467 g/mol. The van der Waals surface area contributed by atoms with Gasteiger partial charge in [-0.15, -0.1) is 11.3 Å². The van der Waals surface area contributed by atoms with Crippen molar-refractivity contribution in [1.29, 1.82) is 0 Å². The van der Waals surface area contributed by atoms with Gasteiger partial charge in [0.05, 0.1) is 11.3 Å². The third-order valence-electron chi connectivity index (χ3n) is 4.88. The Balaban J connectivity index is 1.84. The highest BCUT2D eigenvalue weighted by Gasteiger charge is 2.48. The summed E-state index contributed by atoms with van der Waals surface area (Å²) in [5.74, 6) is -3.34. The number of Topliss-reactive ketones (excluding diaryl/α,β-unsaturated/α-hetero) is 1. The Bertz CT molecular complexity index is 1280. The van der Waals surface area contributed by atoms with Gasteiger partial charge >= 0.3 is 11.9 Å². The molecule has 1 amide bonds. The van der Waals surface area contributed by atoms with Gasteiger partial charge < -0.3 is 9.84 Å². The maximum atomic E-state index is 13.4. The number of hydrogen-bond acceptors (Lipinski definition) is 8. The summed E-state index contributed by atoms with van der Waals surface area (Å²) in [5.41, 5.74) is 0.395. The van der Waals surface area contributed by atoms with Crippen molar-refractivity contribution in [3.05, 3.63) is 86.8 Å². The second-order valence-electron chi connectivity index (χ2n) is 6.99. The first-order valence-corrected chi connectivity index (χ1v) is 11.4. The Morgan fingerprint density at radius 1 is 1.30 bits per heavy atom. The molecule has 10 heteroatoms. The number of ketones is 1. The van der Waals surface area contributed by atoms with Gasteiger partial charge in [0.15, 0.2) is 5.13 Å². The fraction of sp³-hybridized carbons (Fsp3) is 0.130. The van der Waals surface area contributed by atoms with Crippen LogP contribution < -0.4 is 4.90 Å². The first-order valence-electron chi connectivity index (χ1n) is 9.69. The summed E-state index contributed by atoms with van der Waals surface area (Å²) in [6.07, 6.45) is 1.43. The van der Waals surface area contributed by atoms with Gasteiger partial charge in [0.1, 0.15) is 29.1 Å². The number of rotatable bonds is 6. The first kappa shape index (κ1) is 22.6. The maximum absolute atomic E-state index is 13.4. The Morgan fingerprint density at radius 2 is 2.03 bits per heavy atom. The fourth-order valence-corrected chi connectivity index (χ4v) is 5.19. The smallest absolute Gasteiger partial charge is 0.350 e. The van der Waals surface area contributed by atoms with E-state index < -0.39 is 35.3 Å². The molecule has 1 unspecified atom stereocenters.